The van der Waals surface area contributed by atoms with Crippen LogP contribution in [0.2, 0.25) is 0 Å². The fraction of sp³-hybridized carbons (Fsp3) is 0.611. The van der Waals surface area contributed by atoms with Crippen LogP contribution in [0.4, 0.5) is 0 Å². The second-order valence-corrected chi connectivity index (χ2v) is 6.18. The Morgan fingerprint density at radius 1 is 1.17 bits per heavy atom. The lowest BCUT2D eigenvalue weighted by atomic mass is 10.1. The second kappa shape index (κ2) is 11.9. The first-order valence-corrected chi connectivity index (χ1v) is 9.98. The van der Waals surface area contributed by atoms with Gasteiger partial charge in [-0.15, -0.1) is 0 Å². The Morgan fingerprint density at radius 3 is 2.50 bits per heavy atom. The molecule has 0 amide bonds. The SMILES string of the molecule is CCNC(=NCCSC)NC(C)c1ccc(OCC)c(OCC)c1. The van der Waals surface area contributed by atoms with Gasteiger partial charge >= 0.3 is 0 Å². The number of benzene rings is 1. The van der Waals surface area contributed by atoms with Gasteiger partial charge in [0.15, 0.2) is 17.5 Å². The van der Waals surface area contributed by atoms with Gasteiger partial charge in [-0.05, 0) is 51.6 Å². The third kappa shape index (κ3) is 6.91. The van der Waals surface area contributed by atoms with Crippen LogP contribution in [0.5, 0.6) is 11.5 Å². The van der Waals surface area contributed by atoms with E-state index in [1.54, 1.807) is 11.8 Å². The van der Waals surface area contributed by atoms with Gasteiger partial charge in [-0.2, -0.15) is 11.8 Å². The van der Waals surface area contributed by atoms with Crippen LogP contribution in [-0.2, 0) is 0 Å². The summed E-state index contributed by atoms with van der Waals surface area (Å²) >= 11 is 1.80. The van der Waals surface area contributed by atoms with E-state index in [1.807, 2.05) is 26.0 Å². The van der Waals surface area contributed by atoms with E-state index in [-0.39, 0.29) is 6.04 Å². The summed E-state index contributed by atoms with van der Waals surface area (Å²) in [5, 5.41) is 6.73. The van der Waals surface area contributed by atoms with Gasteiger partial charge in [-0.3, -0.25) is 4.99 Å². The van der Waals surface area contributed by atoms with Crippen molar-refractivity contribution in [3.05, 3.63) is 23.8 Å². The van der Waals surface area contributed by atoms with Crippen molar-refractivity contribution in [2.45, 2.75) is 33.7 Å². The van der Waals surface area contributed by atoms with Gasteiger partial charge in [0.25, 0.3) is 0 Å². The molecule has 2 N–H and O–H groups in total. The smallest absolute Gasteiger partial charge is 0.191 e. The van der Waals surface area contributed by atoms with Crippen molar-refractivity contribution in [1.82, 2.24) is 10.6 Å². The van der Waals surface area contributed by atoms with Crippen molar-refractivity contribution in [1.29, 1.82) is 0 Å². The molecule has 0 aliphatic carbocycles. The van der Waals surface area contributed by atoms with E-state index in [0.717, 1.165) is 41.9 Å². The highest BCUT2D eigenvalue weighted by Crippen LogP contribution is 2.30. The Bertz CT molecular complexity index is 509. The summed E-state index contributed by atoms with van der Waals surface area (Å²) in [4.78, 5) is 4.59. The van der Waals surface area contributed by atoms with Crippen LogP contribution in [0.25, 0.3) is 0 Å². The summed E-state index contributed by atoms with van der Waals surface area (Å²) in [6, 6.07) is 6.19. The molecule has 0 radical (unpaired) electrons. The molecule has 0 saturated carbocycles. The Labute approximate surface area is 150 Å². The Kier molecular flexibility index (Phi) is 10.2. The number of aliphatic imine (C=N–C) groups is 1. The molecule has 0 aromatic heterocycles. The van der Waals surface area contributed by atoms with Gasteiger partial charge in [-0.1, -0.05) is 6.07 Å². The van der Waals surface area contributed by atoms with Crippen molar-refractivity contribution in [3.8, 4) is 11.5 Å². The van der Waals surface area contributed by atoms with Gasteiger partial charge in [0, 0.05) is 12.3 Å². The van der Waals surface area contributed by atoms with E-state index >= 15 is 0 Å². The first-order valence-electron chi connectivity index (χ1n) is 8.59. The zero-order valence-electron chi connectivity index (χ0n) is 15.5. The number of rotatable bonds is 10. The average molecular weight is 354 g/mol. The molecule has 6 heteroatoms. The molecule has 136 valence electrons. The summed E-state index contributed by atoms with van der Waals surface area (Å²) < 4.78 is 11.3. The van der Waals surface area contributed by atoms with Crippen molar-refractivity contribution in [3.63, 3.8) is 0 Å². The van der Waals surface area contributed by atoms with Gasteiger partial charge in [0.1, 0.15) is 0 Å². The number of nitrogens with one attached hydrogen (secondary N) is 2. The first kappa shape index (κ1) is 20.5. The maximum atomic E-state index is 5.71. The van der Waals surface area contributed by atoms with E-state index in [1.165, 1.54) is 0 Å². The van der Waals surface area contributed by atoms with Crippen LogP contribution in [-0.4, -0.2) is 44.3 Å². The lowest BCUT2D eigenvalue weighted by Crippen LogP contribution is -2.38. The molecule has 0 spiro atoms. The van der Waals surface area contributed by atoms with Crippen LogP contribution in [0.3, 0.4) is 0 Å². The molecule has 24 heavy (non-hydrogen) atoms. The Balaban J connectivity index is 2.85. The standard InChI is InChI=1S/C18H31N3O2S/c1-6-19-18(20-11-12-24-5)21-14(4)15-9-10-16(22-7-2)17(13-15)23-8-3/h9-10,13-14H,6-8,11-12H2,1-5H3,(H2,19,20,21). The molecule has 0 aliphatic rings. The lowest BCUT2D eigenvalue weighted by molar-refractivity contribution is 0.287. The van der Waals surface area contributed by atoms with Crippen molar-refractivity contribution in [2.75, 3.05) is 38.3 Å². The molecule has 1 aromatic rings. The summed E-state index contributed by atoms with van der Waals surface area (Å²) in [5.41, 5.74) is 1.14. The van der Waals surface area contributed by atoms with E-state index in [2.05, 4.69) is 41.8 Å². The average Bonchev–Trinajstić information content (AvgIpc) is 2.57. The number of thioether (sulfide) groups is 1. The third-order valence-corrected chi connectivity index (χ3v) is 3.92. The number of ether oxygens (including phenoxy) is 2. The van der Waals surface area contributed by atoms with Gasteiger partial charge < -0.3 is 20.1 Å². The predicted molar refractivity (Wildman–Crippen MR) is 105 cm³/mol. The van der Waals surface area contributed by atoms with Gasteiger partial charge in [-0.25, -0.2) is 0 Å². The molecule has 0 bridgehead atoms. The molecule has 1 aromatic carbocycles. The normalized spacial score (nSPS) is 12.6. The molecular formula is C18H31N3O2S. The molecular weight excluding hydrogens is 322 g/mol. The number of nitrogens with zero attached hydrogens (tertiary/aromatic N) is 1. The van der Waals surface area contributed by atoms with Crippen molar-refractivity contribution < 1.29 is 9.47 Å². The fourth-order valence-electron chi connectivity index (χ4n) is 2.19. The second-order valence-electron chi connectivity index (χ2n) is 5.19. The molecule has 1 rings (SSSR count). The predicted octanol–water partition coefficient (Wildman–Crippen LogP) is 3.46. The highest BCUT2D eigenvalue weighted by Gasteiger charge is 2.12. The molecule has 0 saturated heterocycles. The van der Waals surface area contributed by atoms with Gasteiger partial charge in [0.05, 0.1) is 25.8 Å². The van der Waals surface area contributed by atoms with Crippen LogP contribution in [0, 0.1) is 0 Å². The van der Waals surface area contributed by atoms with Crippen LogP contribution in [0.1, 0.15) is 39.3 Å². The van der Waals surface area contributed by atoms with E-state index in [0.29, 0.717) is 13.2 Å². The number of hydrogen-bond donors (Lipinski definition) is 2. The largest absolute Gasteiger partial charge is 0.490 e. The summed E-state index contributed by atoms with van der Waals surface area (Å²) in [7, 11) is 0. The van der Waals surface area contributed by atoms with E-state index in [4.69, 9.17) is 9.47 Å². The number of guanidine groups is 1. The Hall–Kier alpha value is -1.56. The Morgan fingerprint density at radius 2 is 1.88 bits per heavy atom. The van der Waals surface area contributed by atoms with Crippen LogP contribution < -0.4 is 20.1 Å². The lowest BCUT2D eigenvalue weighted by Gasteiger charge is -2.20. The zero-order chi connectivity index (χ0) is 17.8. The van der Waals surface area contributed by atoms with Gasteiger partial charge in [0.2, 0.25) is 0 Å². The molecule has 1 atom stereocenters. The monoisotopic (exact) mass is 353 g/mol. The quantitative estimate of drug-likeness (QED) is 0.383. The molecule has 0 heterocycles. The van der Waals surface area contributed by atoms with Crippen molar-refractivity contribution in [2.24, 2.45) is 4.99 Å². The van der Waals surface area contributed by atoms with Crippen molar-refractivity contribution >= 4 is 17.7 Å². The van der Waals surface area contributed by atoms with E-state index in [9.17, 15) is 0 Å². The molecule has 5 nitrogen and oxygen atoms in total. The fourth-order valence-corrected chi connectivity index (χ4v) is 2.47. The highest BCUT2D eigenvalue weighted by atomic mass is 32.2. The van der Waals surface area contributed by atoms with E-state index < -0.39 is 0 Å². The summed E-state index contributed by atoms with van der Waals surface area (Å²) in [6.07, 6.45) is 2.09. The molecule has 0 fully saturated rings. The maximum absolute atomic E-state index is 5.71. The molecule has 1 unspecified atom stereocenters. The summed E-state index contributed by atoms with van der Waals surface area (Å²) in [5.74, 6) is 3.43. The maximum Gasteiger partial charge on any atom is 0.191 e. The minimum atomic E-state index is 0.118. The first-order chi connectivity index (χ1) is 11.7. The highest BCUT2D eigenvalue weighted by molar-refractivity contribution is 7.98. The number of hydrogen-bond acceptors (Lipinski definition) is 4. The minimum absolute atomic E-state index is 0.118. The van der Waals surface area contributed by atoms with Crippen LogP contribution >= 0.6 is 11.8 Å². The van der Waals surface area contributed by atoms with Crippen LogP contribution in [0.15, 0.2) is 23.2 Å². The summed E-state index contributed by atoms with van der Waals surface area (Å²) in [6.45, 7) is 11.0. The molecule has 0 aliphatic heterocycles. The minimum Gasteiger partial charge on any atom is -0.490 e. The third-order valence-electron chi connectivity index (χ3n) is 3.33. The zero-order valence-corrected chi connectivity index (χ0v) is 16.3. The topological polar surface area (TPSA) is 54.9 Å².